The van der Waals surface area contributed by atoms with Crippen molar-refractivity contribution in [2.75, 3.05) is 26.4 Å². The van der Waals surface area contributed by atoms with Crippen LogP contribution in [0.2, 0.25) is 0 Å². The molecule has 0 aliphatic carbocycles. The zero-order valence-electron chi connectivity index (χ0n) is 10.9. The van der Waals surface area contributed by atoms with Gasteiger partial charge in [0.05, 0.1) is 6.54 Å². The predicted octanol–water partition coefficient (Wildman–Crippen LogP) is 0.568. The molecule has 0 aliphatic rings. The zero-order chi connectivity index (χ0) is 14.0. The van der Waals surface area contributed by atoms with Crippen LogP contribution >= 0.6 is 0 Å². The molecule has 0 saturated carbocycles. The Morgan fingerprint density at radius 2 is 2.05 bits per heavy atom. The highest BCUT2D eigenvalue weighted by Gasteiger charge is 2.11. The summed E-state index contributed by atoms with van der Waals surface area (Å²) in [6.07, 6.45) is 0. The number of likely N-dealkylation sites (N-methyl/N-ethyl adjacent to an activating group) is 1. The molecule has 4 N–H and O–H groups in total. The maximum atomic E-state index is 11.9. The van der Waals surface area contributed by atoms with Crippen molar-refractivity contribution < 1.29 is 9.59 Å². The van der Waals surface area contributed by atoms with E-state index in [0.29, 0.717) is 11.4 Å². The van der Waals surface area contributed by atoms with E-state index in [2.05, 4.69) is 10.3 Å². The Hall–Kier alpha value is -2.50. The van der Waals surface area contributed by atoms with Crippen LogP contribution in [0.1, 0.15) is 10.5 Å². The maximum Gasteiger partial charge on any atom is 0.268 e. The van der Waals surface area contributed by atoms with Crippen molar-refractivity contribution in [3.8, 4) is 0 Å². The predicted molar refractivity (Wildman–Crippen MR) is 73.7 cm³/mol. The number of amides is 2. The van der Waals surface area contributed by atoms with Crippen molar-refractivity contribution in [2.24, 2.45) is 0 Å². The molecule has 0 radical (unpaired) electrons. The number of aromatic nitrogens is 1. The lowest BCUT2D eigenvalue weighted by Crippen LogP contribution is -2.36. The number of anilines is 1. The van der Waals surface area contributed by atoms with E-state index >= 15 is 0 Å². The molecule has 0 atom stereocenters. The average Bonchev–Trinajstić information content (AvgIpc) is 2.78. The fourth-order valence-corrected chi connectivity index (χ4v) is 1.68. The van der Waals surface area contributed by atoms with Gasteiger partial charge < -0.3 is 20.9 Å². The standard InChI is InChI=1S/C13H16N4O2/c1-17(2)12(18)7-15-13(19)11-6-8-5-9(14)3-4-10(8)16-11/h3-6,16H,7,14H2,1-2H3,(H,15,19). The summed E-state index contributed by atoms with van der Waals surface area (Å²) < 4.78 is 0. The Morgan fingerprint density at radius 1 is 1.32 bits per heavy atom. The van der Waals surface area contributed by atoms with Crippen molar-refractivity contribution >= 4 is 28.4 Å². The van der Waals surface area contributed by atoms with Gasteiger partial charge in [0.25, 0.3) is 5.91 Å². The van der Waals surface area contributed by atoms with Crippen molar-refractivity contribution in [1.29, 1.82) is 0 Å². The van der Waals surface area contributed by atoms with Gasteiger partial charge in [-0.05, 0) is 24.3 Å². The third-order valence-corrected chi connectivity index (χ3v) is 2.79. The number of H-pyrrole nitrogens is 1. The molecule has 19 heavy (non-hydrogen) atoms. The van der Waals surface area contributed by atoms with Crippen LogP contribution in [-0.2, 0) is 4.79 Å². The first-order valence-corrected chi connectivity index (χ1v) is 5.84. The van der Waals surface area contributed by atoms with Crippen molar-refractivity contribution in [3.63, 3.8) is 0 Å². The van der Waals surface area contributed by atoms with Crippen LogP contribution < -0.4 is 11.1 Å². The topological polar surface area (TPSA) is 91.2 Å². The Balaban J connectivity index is 2.11. The summed E-state index contributed by atoms with van der Waals surface area (Å²) in [7, 11) is 3.28. The van der Waals surface area contributed by atoms with Crippen molar-refractivity contribution in [1.82, 2.24) is 15.2 Å². The quantitative estimate of drug-likeness (QED) is 0.704. The Labute approximate surface area is 110 Å². The number of nitrogens with one attached hydrogen (secondary N) is 2. The summed E-state index contributed by atoms with van der Waals surface area (Å²) in [5.41, 5.74) is 7.56. The molecule has 0 aliphatic heterocycles. The number of aromatic amines is 1. The lowest BCUT2D eigenvalue weighted by Gasteiger charge is -2.10. The number of hydrogen-bond acceptors (Lipinski definition) is 3. The average molecular weight is 260 g/mol. The molecule has 1 heterocycles. The van der Waals surface area contributed by atoms with E-state index < -0.39 is 0 Å². The normalized spacial score (nSPS) is 10.4. The largest absolute Gasteiger partial charge is 0.399 e. The van der Waals surface area contributed by atoms with Crippen LogP contribution in [0.25, 0.3) is 10.9 Å². The van der Waals surface area contributed by atoms with Gasteiger partial charge >= 0.3 is 0 Å². The molecule has 2 amide bonds. The first kappa shape index (κ1) is 12.9. The number of fused-ring (bicyclic) bond motifs is 1. The molecule has 0 saturated heterocycles. The minimum absolute atomic E-state index is 0.0245. The highest BCUT2D eigenvalue weighted by molar-refractivity contribution is 5.99. The van der Waals surface area contributed by atoms with E-state index in [1.54, 1.807) is 32.3 Å². The minimum atomic E-state index is -0.315. The van der Waals surface area contributed by atoms with Crippen LogP contribution in [0.3, 0.4) is 0 Å². The molecule has 2 rings (SSSR count). The van der Waals surface area contributed by atoms with Gasteiger partial charge in [0.2, 0.25) is 5.91 Å². The molecule has 6 nitrogen and oxygen atoms in total. The van der Waals surface area contributed by atoms with Gasteiger partial charge in [-0.1, -0.05) is 0 Å². The number of nitrogen functional groups attached to an aromatic ring is 1. The van der Waals surface area contributed by atoms with Gasteiger partial charge in [0.1, 0.15) is 5.69 Å². The minimum Gasteiger partial charge on any atom is -0.399 e. The molecular formula is C13H16N4O2. The van der Waals surface area contributed by atoms with Crippen LogP contribution in [-0.4, -0.2) is 42.3 Å². The first-order valence-electron chi connectivity index (χ1n) is 5.84. The molecule has 1 aromatic heterocycles. The molecule has 0 unspecified atom stereocenters. The Kier molecular flexibility index (Phi) is 3.41. The van der Waals surface area contributed by atoms with Gasteiger partial charge in [-0.15, -0.1) is 0 Å². The second-order valence-corrected chi connectivity index (χ2v) is 4.50. The van der Waals surface area contributed by atoms with E-state index in [4.69, 9.17) is 5.73 Å². The van der Waals surface area contributed by atoms with E-state index in [0.717, 1.165) is 10.9 Å². The third kappa shape index (κ3) is 2.85. The van der Waals surface area contributed by atoms with Crippen LogP contribution in [0.5, 0.6) is 0 Å². The second kappa shape index (κ2) is 5.01. The molecule has 2 aromatic rings. The summed E-state index contributed by atoms with van der Waals surface area (Å²) in [6.45, 7) is -0.0245. The molecule has 0 spiro atoms. The third-order valence-electron chi connectivity index (χ3n) is 2.79. The van der Waals surface area contributed by atoms with E-state index in [9.17, 15) is 9.59 Å². The monoisotopic (exact) mass is 260 g/mol. The lowest BCUT2D eigenvalue weighted by atomic mass is 10.2. The molecule has 6 heteroatoms. The fraction of sp³-hybridized carbons (Fsp3) is 0.231. The first-order chi connectivity index (χ1) is 8.97. The van der Waals surface area contributed by atoms with E-state index in [1.807, 2.05) is 6.07 Å². The second-order valence-electron chi connectivity index (χ2n) is 4.50. The summed E-state index contributed by atoms with van der Waals surface area (Å²) in [6, 6.07) is 7.07. The fourth-order valence-electron chi connectivity index (χ4n) is 1.68. The number of rotatable bonds is 3. The molecule has 100 valence electrons. The Morgan fingerprint density at radius 3 is 2.74 bits per heavy atom. The zero-order valence-corrected chi connectivity index (χ0v) is 10.9. The van der Waals surface area contributed by atoms with Crippen LogP contribution in [0, 0.1) is 0 Å². The van der Waals surface area contributed by atoms with Gasteiger partial charge in [-0.25, -0.2) is 0 Å². The number of carbonyl (C=O) groups is 2. The molecule has 0 bridgehead atoms. The highest BCUT2D eigenvalue weighted by atomic mass is 16.2. The molecule has 0 fully saturated rings. The smallest absolute Gasteiger partial charge is 0.268 e. The molecular weight excluding hydrogens is 244 g/mol. The summed E-state index contributed by atoms with van der Waals surface area (Å²) in [5.74, 6) is -0.473. The number of benzene rings is 1. The highest BCUT2D eigenvalue weighted by Crippen LogP contribution is 2.18. The number of carbonyl (C=O) groups excluding carboxylic acids is 2. The lowest BCUT2D eigenvalue weighted by molar-refractivity contribution is -0.127. The van der Waals surface area contributed by atoms with E-state index in [1.165, 1.54) is 4.90 Å². The Bertz CT molecular complexity index is 631. The summed E-state index contributed by atoms with van der Waals surface area (Å²) >= 11 is 0. The van der Waals surface area contributed by atoms with Gasteiger partial charge in [-0.2, -0.15) is 0 Å². The van der Waals surface area contributed by atoms with Gasteiger partial charge in [0.15, 0.2) is 0 Å². The SMILES string of the molecule is CN(C)C(=O)CNC(=O)c1cc2cc(N)ccc2[nH]1. The van der Waals surface area contributed by atoms with Crippen LogP contribution in [0.4, 0.5) is 5.69 Å². The van der Waals surface area contributed by atoms with Gasteiger partial charge in [0, 0.05) is 30.7 Å². The van der Waals surface area contributed by atoms with Crippen LogP contribution in [0.15, 0.2) is 24.3 Å². The number of hydrogen-bond donors (Lipinski definition) is 3. The summed E-state index contributed by atoms with van der Waals surface area (Å²) in [5, 5.41) is 3.43. The van der Waals surface area contributed by atoms with Crippen molar-refractivity contribution in [3.05, 3.63) is 30.0 Å². The van der Waals surface area contributed by atoms with Crippen molar-refractivity contribution in [2.45, 2.75) is 0 Å². The van der Waals surface area contributed by atoms with Gasteiger partial charge in [-0.3, -0.25) is 9.59 Å². The number of nitrogens with two attached hydrogens (primary N) is 1. The maximum absolute atomic E-state index is 11.9. The molecule has 1 aromatic carbocycles. The number of nitrogens with zero attached hydrogens (tertiary/aromatic N) is 1. The van der Waals surface area contributed by atoms with E-state index in [-0.39, 0.29) is 18.4 Å². The summed E-state index contributed by atoms with van der Waals surface area (Å²) in [4.78, 5) is 27.7.